The average molecular weight is 628 g/mol. The van der Waals surface area contributed by atoms with Gasteiger partial charge in [0.25, 0.3) is 0 Å². The second kappa shape index (κ2) is 15.5. The van der Waals surface area contributed by atoms with Crippen LogP contribution in [0.4, 0.5) is 21.9 Å². The smallest absolute Gasteiger partial charge is 0.326 e. The zero-order chi connectivity index (χ0) is 30.8. The van der Waals surface area contributed by atoms with Gasteiger partial charge in [-0.3, -0.25) is 4.90 Å². The molecule has 0 saturated carbocycles. The summed E-state index contributed by atoms with van der Waals surface area (Å²) in [5.41, 5.74) is 3.07. The number of nitrogens with two attached hydrogens (primary N) is 1. The number of nitrogens with one attached hydrogen (secondary N) is 2. The van der Waals surface area contributed by atoms with E-state index >= 15 is 0 Å². The fourth-order valence-corrected chi connectivity index (χ4v) is 5.97. The number of unbranched alkanes of at least 4 members (excludes halogenated alkanes) is 3. The fourth-order valence-electron chi connectivity index (χ4n) is 5.26. The van der Waals surface area contributed by atoms with Crippen LogP contribution in [0.3, 0.4) is 0 Å². The number of rotatable bonds is 13. The summed E-state index contributed by atoms with van der Waals surface area (Å²) in [6.07, 6.45) is 5.43. The molecule has 11 heteroatoms. The second-order valence-corrected chi connectivity index (χ2v) is 12.9. The van der Waals surface area contributed by atoms with Crippen molar-refractivity contribution in [3.63, 3.8) is 0 Å². The zero-order valence-electron chi connectivity index (χ0n) is 24.6. The van der Waals surface area contributed by atoms with Crippen LogP contribution >= 0.6 is 11.6 Å². The SMILES string of the molecule is CCCCCCNC(=O)N(c1ccc(N2CCC(NC[C@H](O)c3cccc(Cl)c3)CC2)cc1)c1ccc(S(N)(=O)=O)cc1. The molecule has 0 unspecified atom stereocenters. The van der Waals surface area contributed by atoms with Gasteiger partial charge < -0.3 is 20.6 Å². The van der Waals surface area contributed by atoms with Crippen molar-refractivity contribution >= 4 is 44.7 Å². The normalized spacial score (nSPS) is 14.8. The van der Waals surface area contributed by atoms with Crippen molar-refractivity contribution in [2.45, 2.75) is 62.5 Å². The van der Waals surface area contributed by atoms with Gasteiger partial charge in [0.2, 0.25) is 10.0 Å². The van der Waals surface area contributed by atoms with Crippen LogP contribution in [0.25, 0.3) is 0 Å². The maximum atomic E-state index is 13.3. The standard InChI is InChI=1S/C32H42ClN5O4S/c1-2-3-4-5-19-35-32(40)38(29-13-15-30(16-14-29)43(34,41)42)28-11-9-27(10-12-28)37-20-17-26(18-21-37)36-23-31(39)24-7-6-8-25(33)22-24/h6-16,22,26,31,36,39H,2-5,17-21,23H2,1H3,(H,35,40)(H2,34,41,42)/t31-/m0/s1. The average Bonchev–Trinajstić information content (AvgIpc) is 3.00. The first-order valence-electron chi connectivity index (χ1n) is 14.9. The van der Waals surface area contributed by atoms with Crippen LogP contribution in [0.5, 0.6) is 0 Å². The molecule has 43 heavy (non-hydrogen) atoms. The first-order chi connectivity index (χ1) is 20.7. The van der Waals surface area contributed by atoms with Crippen molar-refractivity contribution < 1.29 is 18.3 Å². The molecule has 232 valence electrons. The van der Waals surface area contributed by atoms with Crippen LogP contribution in [-0.2, 0) is 10.0 Å². The number of aliphatic hydroxyl groups excluding tert-OH is 1. The van der Waals surface area contributed by atoms with Crippen molar-refractivity contribution in [3.8, 4) is 0 Å². The largest absolute Gasteiger partial charge is 0.387 e. The molecule has 1 fully saturated rings. The number of amides is 2. The van der Waals surface area contributed by atoms with Gasteiger partial charge >= 0.3 is 6.03 Å². The van der Waals surface area contributed by atoms with Crippen molar-refractivity contribution in [1.29, 1.82) is 0 Å². The molecule has 3 aromatic rings. The van der Waals surface area contributed by atoms with E-state index in [2.05, 4.69) is 22.5 Å². The second-order valence-electron chi connectivity index (χ2n) is 10.9. The van der Waals surface area contributed by atoms with Crippen LogP contribution in [0, 0.1) is 0 Å². The highest BCUT2D eigenvalue weighted by Gasteiger charge is 2.22. The molecule has 1 heterocycles. The van der Waals surface area contributed by atoms with Gasteiger partial charge in [-0.05, 0) is 85.5 Å². The summed E-state index contributed by atoms with van der Waals surface area (Å²) < 4.78 is 23.5. The highest BCUT2D eigenvalue weighted by Crippen LogP contribution is 2.30. The van der Waals surface area contributed by atoms with Gasteiger partial charge in [0.05, 0.1) is 22.4 Å². The first kappa shape index (κ1) is 32.8. The molecule has 0 aromatic heterocycles. The molecular formula is C32H42ClN5O4S. The Hall–Kier alpha value is -3.15. The van der Waals surface area contributed by atoms with E-state index in [0.717, 1.165) is 62.9 Å². The summed E-state index contributed by atoms with van der Waals surface area (Å²) in [7, 11) is -3.84. The lowest BCUT2D eigenvalue weighted by Gasteiger charge is -2.34. The lowest BCUT2D eigenvalue weighted by Crippen LogP contribution is -2.43. The predicted molar refractivity (Wildman–Crippen MR) is 174 cm³/mol. The van der Waals surface area contributed by atoms with Gasteiger partial charge in [-0.2, -0.15) is 0 Å². The predicted octanol–water partition coefficient (Wildman–Crippen LogP) is 5.71. The third-order valence-electron chi connectivity index (χ3n) is 7.73. The molecule has 0 radical (unpaired) electrons. The van der Waals surface area contributed by atoms with Gasteiger partial charge in [0.1, 0.15) is 0 Å². The van der Waals surface area contributed by atoms with Gasteiger partial charge in [0.15, 0.2) is 0 Å². The van der Waals surface area contributed by atoms with E-state index in [1.54, 1.807) is 29.2 Å². The van der Waals surface area contributed by atoms with Gasteiger partial charge in [0, 0.05) is 42.9 Å². The van der Waals surface area contributed by atoms with Crippen molar-refractivity contribution in [2.24, 2.45) is 5.14 Å². The number of piperidine rings is 1. The Kier molecular flexibility index (Phi) is 11.8. The Morgan fingerprint density at radius 1 is 1.02 bits per heavy atom. The number of urea groups is 1. The topological polar surface area (TPSA) is 128 Å². The monoisotopic (exact) mass is 627 g/mol. The van der Waals surface area contributed by atoms with Crippen LogP contribution < -0.4 is 25.6 Å². The van der Waals surface area contributed by atoms with Gasteiger partial charge in [-0.15, -0.1) is 0 Å². The van der Waals surface area contributed by atoms with E-state index in [9.17, 15) is 18.3 Å². The van der Waals surface area contributed by atoms with Crippen LogP contribution in [0.1, 0.15) is 57.1 Å². The maximum absolute atomic E-state index is 13.3. The summed E-state index contributed by atoms with van der Waals surface area (Å²) >= 11 is 6.06. The highest BCUT2D eigenvalue weighted by molar-refractivity contribution is 7.89. The van der Waals surface area contributed by atoms with E-state index in [0.29, 0.717) is 35.5 Å². The Bertz CT molecular complexity index is 1430. The molecule has 2 amide bonds. The van der Waals surface area contributed by atoms with Gasteiger partial charge in [-0.1, -0.05) is 49.9 Å². The molecule has 3 aromatic carbocycles. The molecule has 1 aliphatic rings. The molecule has 1 atom stereocenters. The highest BCUT2D eigenvalue weighted by atomic mass is 35.5. The molecule has 1 aliphatic heterocycles. The number of halogens is 1. The minimum atomic E-state index is -3.84. The number of sulfonamides is 1. The third kappa shape index (κ3) is 9.42. The Balaban J connectivity index is 1.38. The molecule has 4 rings (SSSR count). The maximum Gasteiger partial charge on any atom is 0.326 e. The Morgan fingerprint density at radius 3 is 2.28 bits per heavy atom. The number of benzene rings is 3. The molecule has 0 bridgehead atoms. The molecular weight excluding hydrogens is 586 g/mol. The number of carbonyl (C=O) groups excluding carboxylic acids is 1. The van der Waals surface area contributed by atoms with E-state index in [-0.39, 0.29) is 10.9 Å². The van der Waals surface area contributed by atoms with E-state index in [1.165, 1.54) is 12.1 Å². The lowest BCUT2D eigenvalue weighted by atomic mass is 10.0. The minimum absolute atomic E-state index is 0.0108. The molecule has 1 saturated heterocycles. The zero-order valence-corrected chi connectivity index (χ0v) is 26.2. The van der Waals surface area contributed by atoms with Crippen LogP contribution in [-0.4, -0.2) is 51.8 Å². The Morgan fingerprint density at radius 2 is 1.67 bits per heavy atom. The summed E-state index contributed by atoms with van der Waals surface area (Å²) in [5, 5.41) is 22.9. The number of nitrogens with zero attached hydrogens (tertiary/aromatic N) is 2. The fraction of sp³-hybridized carbons (Fsp3) is 0.406. The number of anilines is 3. The number of hydrogen-bond donors (Lipinski definition) is 4. The first-order valence-corrected chi connectivity index (χ1v) is 16.8. The van der Waals surface area contributed by atoms with E-state index in [4.69, 9.17) is 16.7 Å². The number of carbonyl (C=O) groups is 1. The molecule has 5 N–H and O–H groups in total. The van der Waals surface area contributed by atoms with E-state index in [1.807, 2.05) is 36.4 Å². The molecule has 9 nitrogen and oxygen atoms in total. The molecule has 0 aliphatic carbocycles. The van der Waals surface area contributed by atoms with Crippen molar-refractivity contribution in [2.75, 3.05) is 36.0 Å². The van der Waals surface area contributed by atoms with Crippen molar-refractivity contribution in [1.82, 2.24) is 10.6 Å². The number of hydrogen-bond acceptors (Lipinski definition) is 6. The summed E-state index contributed by atoms with van der Waals surface area (Å²) in [6.45, 7) is 4.89. The third-order valence-corrected chi connectivity index (χ3v) is 8.90. The molecule has 0 spiro atoms. The van der Waals surface area contributed by atoms with Crippen LogP contribution in [0.15, 0.2) is 77.7 Å². The lowest BCUT2D eigenvalue weighted by molar-refractivity contribution is 0.167. The quantitative estimate of drug-likeness (QED) is 0.180. The number of aliphatic hydroxyl groups is 1. The minimum Gasteiger partial charge on any atom is -0.387 e. The van der Waals surface area contributed by atoms with Gasteiger partial charge in [-0.25, -0.2) is 18.4 Å². The number of primary sulfonamides is 1. The van der Waals surface area contributed by atoms with Crippen LogP contribution in [0.2, 0.25) is 5.02 Å². The summed E-state index contributed by atoms with van der Waals surface area (Å²) in [6, 6.07) is 21.2. The summed E-state index contributed by atoms with van der Waals surface area (Å²) in [4.78, 5) is 17.2. The van der Waals surface area contributed by atoms with E-state index < -0.39 is 16.1 Å². The van der Waals surface area contributed by atoms with Crippen molar-refractivity contribution in [3.05, 3.63) is 83.4 Å². The Labute approximate surface area is 260 Å². The summed E-state index contributed by atoms with van der Waals surface area (Å²) in [5.74, 6) is 0.